The number of pyridine rings is 1. The highest BCUT2D eigenvalue weighted by Crippen LogP contribution is 2.35. The molecule has 1 aromatic heterocycles. The van der Waals surface area contributed by atoms with Crippen molar-refractivity contribution in [1.82, 2.24) is 19.9 Å². The molecule has 2 amide bonds. The second kappa shape index (κ2) is 16.2. The monoisotopic (exact) mass is 747 g/mol. The minimum Gasteiger partial charge on any atom is -0.453 e. The normalized spacial score (nSPS) is 16.5. The number of piperazine rings is 1. The fourth-order valence-electron chi connectivity index (χ4n) is 6.00. The fourth-order valence-corrected chi connectivity index (χ4v) is 7.80. The first kappa shape index (κ1) is 37.7. The lowest BCUT2D eigenvalue weighted by Crippen LogP contribution is -2.53. The van der Waals surface area contributed by atoms with Crippen LogP contribution in [0.3, 0.4) is 0 Å². The number of amides is 2. The Morgan fingerprint density at radius 1 is 1.04 bits per heavy atom. The van der Waals surface area contributed by atoms with Crippen molar-refractivity contribution >= 4 is 39.3 Å². The summed E-state index contributed by atoms with van der Waals surface area (Å²) in [6, 6.07) is 16.6. The van der Waals surface area contributed by atoms with Crippen LogP contribution >= 0.6 is 11.6 Å². The Kier molecular flexibility index (Phi) is 12.0. The number of halogens is 5. The number of carbonyl (C=O) groups is 2. The molecule has 2 heterocycles. The summed E-state index contributed by atoms with van der Waals surface area (Å²) >= 11 is 6.08. The molecule has 1 aliphatic heterocycles. The summed E-state index contributed by atoms with van der Waals surface area (Å²) in [6.07, 6.45) is -3.86. The third kappa shape index (κ3) is 9.03. The highest BCUT2D eigenvalue weighted by molar-refractivity contribution is 7.89. The van der Waals surface area contributed by atoms with Crippen molar-refractivity contribution in [3.05, 3.63) is 124 Å². The van der Waals surface area contributed by atoms with Gasteiger partial charge in [-0.3, -0.25) is 9.78 Å². The van der Waals surface area contributed by atoms with Gasteiger partial charge in [0.15, 0.2) is 0 Å². The highest BCUT2D eigenvalue weighted by Gasteiger charge is 2.37. The topological polar surface area (TPSA) is 130 Å². The Bertz CT molecular complexity index is 1950. The number of nitrogens with one attached hydrogen (secondary N) is 3. The SMILES string of the molecule is COC(=O)N[C@H](C(=O)Nc1cccc(F)c1CC[C@H]1CNCCN1S(=O)(=O)c1ccccc1)[C@@H](c1ccc(Cl)cc1)c1cncc(C(F)(F)F)c1. The average molecular weight is 748 g/mol. The van der Waals surface area contributed by atoms with Crippen molar-refractivity contribution in [1.29, 1.82) is 0 Å². The van der Waals surface area contributed by atoms with Gasteiger partial charge in [-0.1, -0.05) is 48.0 Å². The minimum absolute atomic E-state index is 0.00268. The van der Waals surface area contributed by atoms with Gasteiger partial charge in [-0.05, 0) is 66.4 Å². The summed E-state index contributed by atoms with van der Waals surface area (Å²) in [5.74, 6) is -2.83. The van der Waals surface area contributed by atoms with Gasteiger partial charge in [-0.25, -0.2) is 17.6 Å². The molecule has 0 bridgehead atoms. The van der Waals surface area contributed by atoms with Crippen LogP contribution in [0.25, 0.3) is 0 Å². The Hall–Kier alpha value is -4.57. The number of benzene rings is 3. The number of hydrogen-bond donors (Lipinski definition) is 3. The van der Waals surface area contributed by atoms with Gasteiger partial charge in [-0.2, -0.15) is 17.5 Å². The van der Waals surface area contributed by atoms with Crippen LogP contribution in [0, 0.1) is 5.82 Å². The van der Waals surface area contributed by atoms with Crippen molar-refractivity contribution in [2.75, 3.05) is 32.1 Å². The highest BCUT2D eigenvalue weighted by atomic mass is 35.5. The second-order valence-electron chi connectivity index (χ2n) is 11.7. The van der Waals surface area contributed by atoms with Crippen LogP contribution in [0.1, 0.15) is 34.6 Å². The van der Waals surface area contributed by atoms with Gasteiger partial charge >= 0.3 is 12.3 Å². The van der Waals surface area contributed by atoms with E-state index < -0.39 is 57.6 Å². The molecule has 3 aromatic carbocycles. The van der Waals surface area contributed by atoms with Crippen molar-refractivity contribution in [2.24, 2.45) is 0 Å². The molecule has 1 saturated heterocycles. The molecule has 51 heavy (non-hydrogen) atoms. The molecule has 16 heteroatoms. The van der Waals surface area contributed by atoms with Crippen LogP contribution in [-0.2, 0) is 32.2 Å². The molecule has 1 aliphatic rings. The van der Waals surface area contributed by atoms with Gasteiger partial charge in [0.2, 0.25) is 15.9 Å². The van der Waals surface area contributed by atoms with Crippen LogP contribution in [0.4, 0.5) is 28.0 Å². The molecule has 3 N–H and O–H groups in total. The maximum absolute atomic E-state index is 15.5. The van der Waals surface area contributed by atoms with E-state index in [-0.39, 0.29) is 41.1 Å². The Labute approximate surface area is 297 Å². The number of nitrogens with zero attached hydrogens (tertiary/aromatic N) is 2. The number of anilines is 1. The summed E-state index contributed by atoms with van der Waals surface area (Å²) in [5.41, 5.74) is -0.748. The van der Waals surface area contributed by atoms with Crippen LogP contribution < -0.4 is 16.0 Å². The lowest BCUT2D eigenvalue weighted by atomic mass is 9.84. The number of alkyl halides is 3. The molecule has 3 atom stereocenters. The van der Waals surface area contributed by atoms with Gasteiger partial charge in [0.25, 0.3) is 0 Å². The number of hydrogen-bond acceptors (Lipinski definition) is 7. The number of sulfonamides is 1. The van der Waals surface area contributed by atoms with Crippen molar-refractivity contribution < 1.29 is 40.3 Å². The zero-order valence-corrected chi connectivity index (χ0v) is 28.7. The third-order valence-electron chi connectivity index (χ3n) is 8.50. The van der Waals surface area contributed by atoms with E-state index in [0.29, 0.717) is 29.9 Å². The van der Waals surface area contributed by atoms with Crippen LogP contribution in [-0.4, -0.2) is 68.5 Å². The van der Waals surface area contributed by atoms with E-state index in [9.17, 15) is 31.2 Å². The smallest absolute Gasteiger partial charge is 0.417 e. The van der Waals surface area contributed by atoms with Gasteiger partial charge in [-0.15, -0.1) is 0 Å². The van der Waals surface area contributed by atoms with E-state index in [0.717, 1.165) is 19.4 Å². The molecule has 0 unspecified atom stereocenters. The number of carbonyl (C=O) groups excluding carboxylic acids is 2. The standard InChI is InChI=1S/C35H34ClF4N5O5S/c1-50-34(47)44-32(31(22-10-12-25(36)13-11-22)23-18-24(20-42-19-23)35(38,39)40)33(46)43-30-9-5-8-29(37)28(30)15-14-26-21-41-16-17-45(26)51(48,49)27-6-3-2-4-7-27/h2-13,18-20,26,31-32,41H,14-17,21H2,1H3,(H,43,46)(H,44,47)/t26-,31-,32-/m0/s1. The lowest BCUT2D eigenvalue weighted by Gasteiger charge is -2.35. The Morgan fingerprint density at radius 2 is 1.76 bits per heavy atom. The first-order valence-electron chi connectivity index (χ1n) is 15.8. The van der Waals surface area contributed by atoms with Crippen molar-refractivity contribution in [3.8, 4) is 0 Å². The van der Waals surface area contributed by atoms with E-state index in [1.165, 1.54) is 58.9 Å². The van der Waals surface area contributed by atoms with Crippen LogP contribution in [0.5, 0.6) is 0 Å². The summed E-state index contributed by atoms with van der Waals surface area (Å²) in [7, 11) is -2.81. The van der Waals surface area contributed by atoms with E-state index in [1.54, 1.807) is 18.2 Å². The maximum atomic E-state index is 15.5. The van der Waals surface area contributed by atoms with Gasteiger partial charge in [0, 0.05) is 60.3 Å². The quantitative estimate of drug-likeness (QED) is 0.161. The molecule has 0 saturated carbocycles. The van der Waals surface area contributed by atoms with E-state index in [4.69, 9.17) is 16.3 Å². The van der Waals surface area contributed by atoms with E-state index >= 15 is 4.39 Å². The van der Waals surface area contributed by atoms with Crippen LogP contribution in [0.2, 0.25) is 5.02 Å². The maximum Gasteiger partial charge on any atom is 0.417 e. The zero-order valence-electron chi connectivity index (χ0n) is 27.2. The first-order valence-corrected chi connectivity index (χ1v) is 17.6. The van der Waals surface area contributed by atoms with Gasteiger partial charge < -0.3 is 20.7 Å². The van der Waals surface area contributed by atoms with Gasteiger partial charge in [0.05, 0.1) is 17.6 Å². The predicted molar refractivity (Wildman–Crippen MR) is 182 cm³/mol. The summed E-state index contributed by atoms with van der Waals surface area (Å²) in [5, 5.41) is 8.56. The Balaban J connectivity index is 1.47. The average Bonchev–Trinajstić information content (AvgIpc) is 3.12. The molecule has 0 aliphatic carbocycles. The molecule has 0 radical (unpaired) electrons. The molecule has 270 valence electrons. The summed E-state index contributed by atoms with van der Waals surface area (Å²) in [6.45, 7) is 0.926. The number of ether oxygens (including phenoxy) is 1. The van der Waals surface area contributed by atoms with E-state index in [2.05, 4.69) is 20.9 Å². The number of aromatic nitrogens is 1. The number of alkyl carbamates (subject to hydrolysis) is 1. The summed E-state index contributed by atoms with van der Waals surface area (Å²) < 4.78 is 89.9. The van der Waals surface area contributed by atoms with E-state index in [1.807, 2.05) is 0 Å². The Morgan fingerprint density at radius 3 is 2.45 bits per heavy atom. The van der Waals surface area contributed by atoms with Crippen molar-refractivity contribution in [3.63, 3.8) is 0 Å². The third-order valence-corrected chi connectivity index (χ3v) is 10.7. The number of methoxy groups -OCH3 is 1. The first-order chi connectivity index (χ1) is 24.3. The second-order valence-corrected chi connectivity index (χ2v) is 14.1. The molecule has 1 fully saturated rings. The molecular formula is C35H34ClF4N5O5S. The predicted octanol–water partition coefficient (Wildman–Crippen LogP) is 5.98. The zero-order chi connectivity index (χ0) is 36.8. The molecule has 0 spiro atoms. The van der Waals surface area contributed by atoms with Crippen molar-refractivity contribution in [2.45, 2.75) is 41.9 Å². The molecular weight excluding hydrogens is 714 g/mol. The number of rotatable bonds is 11. The fraction of sp³-hybridized carbons (Fsp3) is 0.286. The molecule has 10 nitrogen and oxygen atoms in total. The molecule has 5 rings (SSSR count). The minimum atomic E-state index is -4.76. The lowest BCUT2D eigenvalue weighted by molar-refractivity contribution is -0.137. The van der Waals surface area contributed by atoms with Crippen LogP contribution in [0.15, 0.2) is 96.2 Å². The van der Waals surface area contributed by atoms with Gasteiger partial charge in [0.1, 0.15) is 11.9 Å². The summed E-state index contributed by atoms with van der Waals surface area (Å²) in [4.78, 5) is 30.6. The largest absolute Gasteiger partial charge is 0.453 e. The molecule has 4 aromatic rings.